The van der Waals surface area contributed by atoms with E-state index in [0.29, 0.717) is 17.0 Å². The fourth-order valence-corrected chi connectivity index (χ4v) is 3.30. The maximum Gasteiger partial charge on any atom is 0.229 e. The molecule has 0 bridgehead atoms. The Morgan fingerprint density at radius 1 is 1.11 bits per heavy atom. The average Bonchev–Trinajstić information content (AvgIpc) is 3.01. The van der Waals surface area contributed by atoms with Crippen molar-refractivity contribution in [3.8, 4) is 5.75 Å². The fraction of sp³-hybridized carbons (Fsp3) is 0.0952. The van der Waals surface area contributed by atoms with E-state index in [1.165, 1.54) is 19.2 Å². The number of benzene rings is 3. The first-order chi connectivity index (χ1) is 13.1. The molecule has 136 valence electrons. The number of methoxy groups -OCH3 is 1. The van der Waals surface area contributed by atoms with Crippen LogP contribution in [0, 0.1) is 5.82 Å². The van der Waals surface area contributed by atoms with Gasteiger partial charge in [-0.3, -0.25) is 4.79 Å². The second-order valence-electron chi connectivity index (χ2n) is 6.07. The van der Waals surface area contributed by atoms with Crippen LogP contribution in [0.15, 0.2) is 59.0 Å². The lowest BCUT2D eigenvalue weighted by atomic mass is 10.1. The molecule has 1 N–H and O–H groups in total. The number of nitrogens with one attached hydrogen (secondary N) is 1. The number of hydrogen-bond acceptors (Lipinski definition) is 3. The van der Waals surface area contributed by atoms with Gasteiger partial charge in [0, 0.05) is 27.4 Å². The van der Waals surface area contributed by atoms with E-state index in [4.69, 9.17) is 20.8 Å². The monoisotopic (exact) mass is 383 g/mol. The van der Waals surface area contributed by atoms with Crippen LogP contribution in [0.25, 0.3) is 21.9 Å². The first-order valence-corrected chi connectivity index (χ1v) is 8.66. The molecule has 1 heterocycles. The Kier molecular flexibility index (Phi) is 4.46. The average molecular weight is 384 g/mol. The molecule has 0 saturated heterocycles. The number of carbonyl (C=O) groups is 1. The van der Waals surface area contributed by atoms with Crippen LogP contribution in [-0.2, 0) is 11.2 Å². The Labute approximate surface area is 159 Å². The Morgan fingerprint density at radius 3 is 2.70 bits per heavy atom. The summed E-state index contributed by atoms with van der Waals surface area (Å²) in [5, 5.41) is 4.81. The molecule has 6 heteroatoms. The molecule has 0 aliphatic rings. The molecule has 0 aliphatic heterocycles. The van der Waals surface area contributed by atoms with Gasteiger partial charge < -0.3 is 14.5 Å². The summed E-state index contributed by atoms with van der Waals surface area (Å²) in [5.41, 5.74) is 1.97. The summed E-state index contributed by atoms with van der Waals surface area (Å²) >= 11 is 6.00. The summed E-state index contributed by atoms with van der Waals surface area (Å²) in [6.45, 7) is 0. The Balaban J connectivity index is 1.68. The number of hydrogen-bond donors (Lipinski definition) is 1. The van der Waals surface area contributed by atoms with Crippen molar-refractivity contribution in [2.45, 2.75) is 6.42 Å². The molecule has 0 aliphatic carbocycles. The number of para-hydroxylation sites is 1. The molecule has 4 rings (SSSR count). The van der Waals surface area contributed by atoms with Crippen LogP contribution in [0.1, 0.15) is 5.56 Å². The topological polar surface area (TPSA) is 51.5 Å². The van der Waals surface area contributed by atoms with Crippen LogP contribution in [0.2, 0.25) is 5.02 Å². The Hall–Kier alpha value is -3.05. The molecule has 0 spiro atoms. The fourth-order valence-electron chi connectivity index (χ4n) is 3.07. The van der Waals surface area contributed by atoms with Crippen molar-refractivity contribution in [2.24, 2.45) is 0 Å². The highest BCUT2D eigenvalue weighted by atomic mass is 35.5. The molecule has 0 radical (unpaired) electrons. The minimum Gasteiger partial charge on any atom is -0.495 e. The van der Waals surface area contributed by atoms with E-state index in [1.807, 2.05) is 30.3 Å². The largest absolute Gasteiger partial charge is 0.495 e. The number of halogens is 2. The highest BCUT2D eigenvalue weighted by molar-refractivity contribution is 6.31. The molecule has 0 unspecified atom stereocenters. The standard InChI is InChI=1S/C21H15ClFNO3/c1-26-20-9-13-12-5-2-3-8-18(12)27-19(13)11-17(20)24-21(25)10-14-15(22)6-4-7-16(14)23/h2-9,11H,10H2,1H3,(H,24,25). The van der Waals surface area contributed by atoms with Gasteiger partial charge in [-0.1, -0.05) is 35.9 Å². The van der Waals surface area contributed by atoms with Crippen LogP contribution in [-0.4, -0.2) is 13.0 Å². The van der Waals surface area contributed by atoms with Crippen molar-refractivity contribution < 1.29 is 18.3 Å². The molecule has 0 fully saturated rings. The van der Waals surface area contributed by atoms with Crippen molar-refractivity contribution in [3.05, 3.63) is 71.0 Å². The summed E-state index contributed by atoms with van der Waals surface area (Å²) < 4.78 is 25.2. The lowest BCUT2D eigenvalue weighted by Gasteiger charge is -2.11. The van der Waals surface area contributed by atoms with Crippen molar-refractivity contribution in [1.29, 1.82) is 0 Å². The number of amides is 1. The van der Waals surface area contributed by atoms with Crippen molar-refractivity contribution in [1.82, 2.24) is 0 Å². The lowest BCUT2D eigenvalue weighted by Crippen LogP contribution is -2.16. The van der Waals surface area contributed by atoms with Gasteiger partial charge in [-0.2, -0.15) is 0 Å². The molecular weight excluding hydrogens is 369 g/mol. The van der Waals surface area contributed by atoms with E-state index >= 15 is 0 Å². The molecule has 3 aromatic carbocycles. The van der Waals surface area contributed by atoms with Gasteiger partial charge in [0.25, 0.3) is 0 Å². The quantitative estimate of drug-likeness (QED) is 0.501. The highest BCUT2D eigenvalue weighted by Crippen LogP contribution is 2.36. The van der Waals surface area contributed by atoms with Gasteiger partial charge in [-0.05, 0) is 24.3 Å². The van der Waals surface area contributed by atoms with Crippen LogP contribution in [0.4, 0.5) is 10.1 Å². The predicted octanol–water partition coefficient (Wildman–Crippen LogP) is 5.57. The number of furan rings is 1. The number of carbonyl (C=O) groups excluding carboxylic acids is 1. The third-order valence-corrected chi connectivity index (χ3v) is 4.73. The van der Waals surface area contributed by atoms with Gasteiger partial charge in [0.15, 0.2) is 0 Å². The molecule has 4 nitrogen and oxygen atoms in total. The van der Waals surface area contributed by atoms with Crippen LogP contribution >= 0.6 is 11.6 Å². The van der Waals surface area contributed by atoms with E-state index in [9.17, 15) is 9.18 Å². The third kappa shape index (κ3) is 3.22. The maximum absolute atomic E-state index is 13.9. The normalized spacial score (nSPS) is 11.1. The van der Waals surface area contributed by atoms with E-state index in [1.54, 1.807) is 12.1 Å². The second-order valence-corrected chi connectivity index (χ2v) is 6.48. The molecule has 0 saturated carbocycles. The first-order valence-electron chi connectivity index (χ1n) is 8.29. The van der Waals surface area contributed by atoms with E-state index in [0.717, 1.165) is 16.4 Å². The summed E-state index contributed by atoms with van der Waals surface area (Å²) in [5.74, 6) is -0.435. The van der Waals surface area contributed by atoms with Crippen molar-refractivity contribution in [3.63, 3.8) is 0 Å². The maximum atomic E-state index is 13.9. The van der Waals surface area contributed by atoms with Crippen molar-refractivity contribution >= 4 is 45.1 Å². The Bertz CT molecular complexity index is 1150. The van der Waals surface area contributed by atoms with Gasteiger partial charge in [0.1, 0.15) is 22.7 Å². The predicted molar refractivity (Wildman–Crippen MR) is 104 cm³/mol. The smallest absolute Gasteiger partial charge is 0.229 e. The van der Waals surface area contributed by atoms with Crippen molar-refractivity contribution in [2.75, 3.05) is 12.4 Å². The van der Waals surface area contributed by atoms with Crippen LogP contribution in [0.5, 0.6) is 5.75 Å². The lowest BCUT2D eigenvalue weighted by molar-refractivity contribution is -0.115. The van der Waals surface area contributed by atoms with Gasteiger partial charge >= 0.3 is 0 Å². The molecule has 0 atom stereocenters. The Morgan fingerprint density at radius 2 is 1.93 bits per heavy atom. The van der Waals surface area contributed by atoms with Gasteiger partial charge in [-0.25, -0.2) is 4.39 Å². The number of fused-ring (bicyclic) bond motifs is 3. The van der Waals surface area contributed by atoms with Gasteiger partial charge in [0.05, 0.1) is 19.2 Å². The zero-order chi connectivity index (χ0) is 19.0. The number of ether oxygens (including phenoxy) is 1. The summed E-state index contributed by atoms with van der Waals surface area (Å²) in [6, 6.07) is 15.5. The molecule has 1 aromatic heterocycles. The molecular formula is C21H15ClFNO3. The van der Waals surface area contributed by atoms with E-state index in [2.05, 4.69) is 5.32 Å². The third-order valence-electron chi connectivity index (χ3n) is 4.37. The minimum atomic E-state index is -0.516. The first kappa shape index (κ1) is 17.4. The molecule has 1 amide bonds. The molecule has 4 aromatic rings. The zero-order valence-corrected chi connectivity index (χ0v) is 15.1. The second kappa shape index (κ2) is 6.93. The van der Waals surface area contributed by atoms with E-state index in [-0.39, 0.29) is 17.0 Å². The zero-order valence-electron chi connectivity index (χ0n) is 14.4. The SMILES string of the molecule is COc1cc2c(cc1NC(=O)Cc1c(F)cccc1Cl)oc1ccccc12. The van der Waals surface area contributed by atoms with Crippen LogP contribution < -0.4 is 10.1 Å². The summed E-state index contributed by atoms with van der Waals surface area (Å²) in [7, 11) is 1.52. The van der Waals surface area contributed by atoms with Gasteiger partial charge in [0.2, 0.25) is 5.91 Å². The molecule has 27 heavy (non-hydrogen) atoms. The summed E-state index contributed by atoms with van der Waals surface area (Å²) in [6.07, 6.45) is -0.188. The van der Waals surface area contributed by atoms with E-state index < -0.39 is 11.7 Å². The van der Waals surface area contributed by atoms with Gasteiger partial charge in [-0.15, -0.1) is 0 Å². The summed E-state index contributed by atoms with van der Waals surface area (Å²) in [4.78, 5) is 12.4. The highest BCUT2D eigenvalue weighted by Gasteiger charge is 2.16. The van der Waals surface area contributed by atoms with Crippen LogP contribution in [0.3, 0.4) is 0 Å². The number of rotatable bonds is 4. The minimum absolute atomic E-state index is 0.153. The number of anilines is 1.